The Bertz CT molecular complexity index is 462. The van der Waals surface area contributed by atoms with Crippen LogP contribution >= 0.6 is 0 Å². The van der Waals surface area contributed by atoms with Crippen LogP contribution < -0.4 is 5.73 Å². The van der Waals surface area contributed by atoms with Crippen molar-refractivity contribution >= 4 is 0 Å². The van der Waals surface area contributed by atoms with E-state index >= 15 is 0 Å². The molecule has 3 rings (SSSR count). The molecule has 2 atom stereocenters. The van der Waals surface area contributed by atoms with Gasteiger partial charge in [0.05, 0.1) is 5.60 Å². The molecule has 0 bridgehead atoms. The third kappa shape index (κ3) is 2.49. The summed E-state index contributed by atoms with van der Waals surface area (Å²) in [5.74, 6) is 0.198. The van der Waals surface area contributed by atoms with Crippen molar-refractivity contribution in [2.24, 2.45) is 11.7 Å². The quantitative estimate of drug-likeness (QED) is 0.893. The van der Waals surface area contributed by atoms with Gasteiger partial charge in [0, 0.05) is 12.1 Å². The normalized spacial score (nSPS) is 28.4. The lowest BCUT2D eigenvalue weighted by molar-refractivity contribution is -0.104. The van der Waals surface area contributed by atoms with Gasteiger partial charge in [-0.15, -0.1) is 0 Å². The molecule has 1 spiro atoms. The number of nitrogens with two attached hydrogens (primary N) is 1. The van der Waals surface area contributed by atoms with Crippen LogP contribution in [0.4, 0.5) is 4.39 Å². The molecule has 1 aliphatic heterocycles. The Hall–Kier alpha value is -0.930. The largest absolute Gasteiger partial charge is 0.375 e. The van der Waals surface area contributed by atoms with Crippen LogP contribution in [0.5, 0.6) is 0 Å². The lowest BCUT2D eigenvalue weighted by atomic mass is 9.71. The Kier molecular flexibility index (Phi) is 3.59. The minimum absolute atomic E-state index is 0.0730. The topological polar surface area (TPSA) is 35.2 Å². The maximum atomic E-state index is 13.1. The van der Waals surface area contributed by atoms with E-state index in [2.05, 4.69) is 6.92 Å². The summed E-state index contributed by atoms with van der Waals surface area (Å²) in [6.45, 7) is 2.89. The van der Waals surface area contributed by atoms with Gasteiger partial charge in [0.2, 0.25) is 0 Å². The second-order valence-electron chi connectivity index (χ2n) is 6.72. The summed E-state index contributed by atoms with van der Waals surface area (Å²) in [5.41, 5.74) is 7.33. The van der Waals surface area contributed by atoms with Crippen molar-refractivity contribution in [2.45, 2.75) is 56.6 Å². The van der Waals surface area contributed by atoms with E-state index in [1.165, 1.54) is 37.8 Å². The first kappa shape index (κ1) is 14.0. The lowest BCUT2D eigenvalue weighted by Crippen LogP contribution is -2.49. The number of ether oxygens (including phenoxy) is 1. The van der Waals surface area contributed by atoms with Crippen LogP contribution in [-0.4, -0.2) is 12.2 Å². The fraction of sp³-hybridized carbons (Fsp3) is 0.647. The molecule has 2 aliphatic rings. The molecule has 2 fully saturated rings. The second-order valence-corrected chi connectivity index (χ2v) is 6.72. The van der Waals surface area contributed by atoms with Crippen molar-refractivity contribution in [3.05, 3.63) is 35.6 Å². The van der Waals surface area contributed by atoms with Gasteiger partial charge < -0.3 is 10.5 Å². The highest BCUT2D eigenvalue weighted by atomic mass is 19.1. The summed E-state index contributed by atoms with van der Waals surface area (Å²) in [5, 5.41) is 0. The SMILES string of the molecule is CC(N)(c1ccc(F)cc1)C1CCOC2(CCCC2)C1. The van der Waals surface area contributed by atoms with E-state index in [1.54, 1.807) is 0 Å². The molecule has 1 aliphatic carbocycles. The fourth-order valence-corrected chi connectivity index (χ4v) is 3.95. The standard InChI is InChI=1S/C17H24FNO/c1-16(19,13-4-6-15(18)7-5-13)14-8-11-20-17(12-14)9-2-3-10-17/h4-7,14H,2-3,8-12,19H2,1H3. The molecule has 0 radical (unpaired) electrons. The zero-order valence-corrected chi connectivity index (χ0v) is 12.2. The molecule has 110 valence electrons. The molecule has 2 nitrogen and oxygen atoms in total. The minimum atomic E-state index is -0.410. The van der Waals surface area contributed by atoms with E-state index in [0.29, 0.717) is 5.92 Å². The Labute approximate surface area is 120 Å². The van der Waals surface area contributed by atoms with E-state index in [1.807, 2.05) is 12.1 Å². The van der Waals surface area contributed by atoms with Crippen molar-refractivity contribution in [2.75, 3.05) is 6.61 Å². The number of hydrogen-bond acceptors (Lipinski definition) is 2. The van der Waals surface area contributed by atoms with Crippen LogP contribution in [-0.2, 0) is 10.3 Å². The van der Waals surface area contributed by atoms with Crippen molar-refractivity contribution in [1.82, 2.24) is 0 Å². The van der Waals surface area contributed by atoms with Gasteiger partial charge in [0.15, 0.2) is 0 Å². The van der Waals surface area contributed by atoms with Gasteiger partial charge in [0.1, 0.15) is 5.82 Å². The van der Waals surface area contributed by atoms with Gasteiger partial charge in [-0.2, -0.15) is 0 Å². The number of halogens is 1. The molecular formula is C17H24FNO. The highest BCUT2D eigenvalue weighted by Crippen LogP contribution is 2.46. The molecular weight excluding hydrogens is 253 g/mol. The maximum absolute atomic E-state index is 13.1. The number of rotatable bonds is 2. The predicted octanol–water partition coefficient (Wildman–Crippen LogP) is 3.74. The first-order valence-electron chi connectivity index (χ1n) is 7.71. The van der Waals surface area contributed by atoms with Crippen LogP contribution in [0.25, 0.3) is 0 Å². The zero-order chi connectivity index (χ0) is 14.2. The van der Waals surface area contributed by atoms with E-state index in [0.717, 1.165) is 25.0 Å². The van der Waals surface area contributed by atoms with E-state index in [-0.39, 0.29) is 11.4 Å². The van der Waals surface area contributed by atoms with E-state index in [4.69, 9.17) is 10.5 Å². The first-order chi connectivity index (χ1) is 9.52. The zero-order valence-electron chi connectivity index (χ0n) is 12.2. The molecule has 1 aromatic carbocycles. The summed E-state index contributed by atoms with van der Waals surface area (Å²) in [4.78, 5) is 0. The molecule has 2 unspecified atom stereocenters. The summed E-state index contributed by atoms with van der Waals surface area (Å²) in [6, 6.07) is 6.66. The molecule has 20 heavy (non-hydrogen) atoms. The summed E-state index contributed by atoms with van der Waals surface area (Å²) in [6.07, 6.45) is 6.91. The van der Waals surface area contributed by atoms with Crippen LogP contribution in [0.3, 0.4) is 0 Å². The second kappa shape index (κ2) is 5.12. The molecule has 2 N–H and O–H groups in total. The monoisotopic (exact) mass is 277 g/mol. The predicted molar refractivity (Wildman–Crippen MR) is 77.8 cm³/mol. The molecule has 1 saturated carbocycles. The molecule has 3 heteroatoms. The van der Waals surface area contributed by atoms with Crippen LogP contribution in [0.15, 0.2) is 24.3 Å². The van der Waals surface area contributed by atoms with Gasteiger partial charge >= 0.3 is 0 Å². The van der Waals surface area contributed by atoms with Gasteiger partial charge in [-0.05, 0) is 56.2 Å². The van der Waals surface area contributed by atoms with Crippen molar-refractivity contribution in [3.63, 3.8) is 0 Å². The Balaban J connectivity index is 1.81. The number of benzene rings is 1. The number of hydrogen-bond donors (Lipinski definition) is 1. The molecule has 1 saturated heterocycles. The third-order valence-corrected chi connectivity index (χ3v) is 5.32. The first-order valence-corrected chi connectivity index (χ1v) is 7.71. The Morgan fingerprint density at radius 1 is 1.25 bits per heavy atom. The fourth-order valence-electron chi connectivity index (χ4n) is 3.95. The average Bonchev–Trinajstić information content (AvgIpc) is 2.87. The molecule has 1 heterocycles. The average molecular weight is 277 g/mol. The molecule has 0 amide bonds. The van der Waals surface area contributed by atoms with E-state index < -0.39 is 5.54 Å². The smallest absolute Gasteiger partial charge is 0.123 e. The van der Waals surface area contributed by atoms with Crippen molar-refractivity contribution in [3.8, 4) is 0 Å². The maximum Gasteiger partial charge on any atom is 0.123 e. The van der Waals surface area contributed by atoms with Crippen LogP contribution in [0.2, 0.25) is 0 Å². The third-order valence-electron chi connectivity index (χ3n) is 5.32. The summed E-state index contributed by atoms with van der Waals surface area (Å²) < 4.78 is 19.2. The Morgan fingerprint density at radius 3 is 2.55 bits per heavy atom. The lowest BCUT2D eigenvalue weighted by Gasteiger charge is -2.45. The van der Waals surface area contributed by atoms with Crippen LogP contribution in [0, 0.1) is 11.7 Å². The van der Waals surface area contributed by atoms with Crippen molar-refractivity contribution < 1.29 is 9.13 Å². The van der Waals surface area contributed by atoms with Crippen molar-refractivity contribution in [1.29, 1.82) is 0 Å². The summed E-state index contributed by atoms with van der Waals surface area (Å²) >= 11 is 0. The highest BCUT2D eigenvalue weighted by molar-refractivity contribution is 5.25. The Morgan fingerprint density at radius 2 is 1.90 bits per heavy atom. The van der Waals surface area contributed by atoms with Gasteiger partial charge in [-0.3, -0.25) is 0 Å². The minimum Gasteiger partial charge on any atom is -0.375 e. The van der Waals surface area contributed by atoms with Crippen LogP contribution in [0.1, 0.15) is 51.0 Å². The summed E-state index contributed by atoms with van der Waals surface area (Å²) in [7, 11) is 0. The van der Waals surface area contributed by atoms with Gasteiger partial charge in [-0.1, -0.05) is 25.0 Å². The van der Waals surface area contributed by atoms with Gasteiger partial charge in [0.25, 0.3) is 0 Å². The molecule has 0 aromatic heterocycles. The van der Waals surface area contributed by atoms with Gasteiger partial charge in [-0.25, -0.2) is 4.39 Å². The highest BCUT2D eigenvalue weighted by Gasteiger charge is 2.45. The molecule has 1 aromatic rings. The van der Waals surface area contributed by atoms with E-state index in [9.17, 15) is 4.39 Å².